The lowest BCUT2D eigenvalue weighted by Crippen LogP contribution is -2.38. The molecule has 0 rings (SSSR count). The molecule has 0 aliphatic heterocycles. The third kappa shape index (κ3) is 21.8. The zero-order valence-electron chi connectivity index (χ0n) is 16.3. The van der Waals surface area contributed by atoms with Gasteiger partial charge in [0.2, 0.25) is 0 Å². The van der Waals surface area contributed by atoms with Gasteiger partial charge in [0.1, 0.15) is 0 Å². The maximum Gasteiger partial charge on any atom is 0.0591 e. The molecule has 5 nitrogen and oxygen atoms in total. The molecule has 0 fully saturated rings. The molecule has 0 amide bonds. The molecule has 0 saturated heterocycles. The number of hydrogen-bond donors (Lipinski definition) is 2. The number of hydrogen-bond acceptors (Lipinski definition) is 5. The van der Waals surface area contributed by atoms with Crippen LogP contribution in [0.2, 0.25) is 0 Å². The topological polar surface area (TPSA) is 51.8 Å². The summed E-state index contributed by atoms with van der Waals surface area (Å²) in [4.78, 5) is 0. The Labute approximate surface area is 143 Å². The smallest absolute Gasteiger partial charge is 0.0591 e. The van der Waals surface area contributed by atoms with Crippen molar-refractivity contribution >= 4 is 0 Å². The van der Waals surface area contributed by atoms with Gasteiger partial charge < -0.3 is 24.8 Å². The second kappa shape index (κ2) is 13.1. The molecule has 23 heavy (non-hydrogen) atoms. The maximum atomic E-state index is 5.56. The molecule has 0 aromatic carbocycles. The standard InChI is InChI=1S/C18H40N2O3/c1-17(2,3)19-9-15-22-13-7-11-21-12-8-14-23-16-10-20-18(4,5)6/h19-20H,7-16H2,1-6H3. The average molecular weight is 333 g/mol. The van der Waals surface area contributed by atoms with Crippen molar-refractivity contribution in [2.24, 2.45) is 0 Å². The van der Waals surface area contributed by atoms with Gasteiger partial charge in [-0.15, -0.1) is 0 Å². The molecule has 2 N–H and O–H groups in total. The first kappa shape index (κ1) is 22.8. The zero-order valence-corrected chi connectivity index (χ0v) is 16.3. The van der Waals surface area contributed by atoms with E-state index in [-0.39, 0.29) is 11.1 Å². The highest BCUT2D eigenvalue weighted by Gasteiger charge is 2.07. The first-order valence-corrected chi connectivity index (χ1v) is 8.94. The lowest BCUT2D eigenvalue weighted by atomic mass is 10.1. The van der Waals surface area contributed by atoms with E-state index in [0.29, 0.717) is 0 Å². The maximum absolute atomic E-state index is 5.56. The van der Waals surface area contributed by atoms with Crippen molar-refractivity contribution in [2.45, 2.75) is 65.5 Å². The molecule has 0 aliphatic carbocycles. The second-order valence-corrected chi connectivity index (χ2v) is 7.90. The predicted octanol–water partition coefficient (Wildman–Crippen LogP) is 2.59. The summed E-state index contributed by atoms with van der Waals surface area (Å²) in [6.45, 7) is 19.3. The van der Waals surface area contributed by atoms with Gasteiger partial charge in [-0.2, -0.15) is 0 Å². The van der Waals surface area contributed by atoms with Crippen molar-refractivity contribution in [3.8, 4) is 0 Å². The van der Waals surface area contributed by atoms with Crippen LogP contribution in [0.5, 0.6) is 0 Å². The van der Waals surface area contributed by atoms with E-state index in [9.17, 15) is 0 Å². The Morgan fingerprint density at radius 3 is 1.13 bits per heavy atom. The SMILES string of the molecule is CC(C)(C)NCCOCCCOCCCOCCNC(C)(C)C. The Morgan fingerprint density at radius 1 is 0.522 bits per heavy atom. The van der Waals surface area contributed by atoms with Crippen molar-refractivity contribution in [1.29, 1.82) is 0 Å². The molecule has 0 unspecified atom stereocenters. The van der Waals surface area contributed by atoms with Crippen LogP contribution in [0.25, 0.3) is 0 Å². The van der Waals surface area contributed by atoms with E-state index in [1.807, 2.05) is 0 Å². The fourth-order valence-electron chi connectivity index (χ4n) is 1.83. The lowest BCUT2D eigenvalue weighted by molar-refractivity contribution is 0.0628. The Bertz CT molecular complexity index is 234. The van der Waals surface area contributed by atoms with Crippen molar-refractivity contribution in [1.82, 2.24) is 10.6 Å². The van der Waals surface area contributed by atoms with Gasteiger partial charge in [0.25, 0.3) is 0 Å². The van der Waals surface area contributed by atoms with Crippen LogP contribution < -0.4 is 10.6 Å². The third-order valence-corrected chi connectivity index (χ3v) is 2.96. The van der Waals surface area contributed by atoms with Crippen LogP contribution in [0, 0.1) is 0 Å². The quantitative estimate of drug-likeness (QED) is 0.479. The Hall–Kier alpha value is -0.200. The minimum absolute atomic E-state index is 0.164. The molecule has 0 heterocycles. The average Bonchev–Trinajstić information content (AvgIpc) is 2.40. The van der Waals surface area contributed by atoms with Gasteiger partial charge in [-0.3, -0.25) is 0 Å². The van der Waals surface area contributed by atoms with Gasteiger partial charge in [0, 0.05) is 50.6 Å². The molecule has 0 radical (unpaired) electrons. The van der Waals surface area contributed by atoms with Crippen LogP contribution in [0.3, 0.4) is 0 Å². The first-order valence-electron chi connectivity index (χ1n) is 8.94. The predicted molar refractivity (Wildman–Crippen MR) is 97.2 cm³/mol. The summed E-state index contributed by atoms with van der Waals surface area (Å²) >= 11 is 0. The van der Waals surface area contributed by atoms with Crippen LogP contribution in [0.4, 0.5) is 0 Å². The minimum atomic E-state index is 0.164. The minimum Gasteiger partial charge on any atom is -0.381 e. The molecule has 0 atom stereocenters. The van der Waals surface area contributed by atoms with Gasteiger partial charge in [0.15, 0.2) is 0 Å². The van der Waals surface area contributed by atoms with E-state index in [1.54, 1.807) is 0 Å². The van der Waals surface area contributed by atoms with E-state index in [2.05, 4.69) is 52.2 Å². The largest absolute Gasteiger partial charge is 0.381 e. The molecule has 0 bridgehead atoms. The van der Waals surface area contributed by atoms with E-state index in [0.717, 1.165) is 65.6 Å². The Balaban J connectivity index is 3.08. The summed E-state index contributed by atoms with van der Waals surface area (Å²) in [5.41, 5.74) is 0.328. The molecular weight excluding hydrogens is 292 g/mol. The number of ether oxygens (including phenoxy) is 3. The normalized spacial score (nSPS) is 12.8. The molecule has 0 saturated carbocycles. The van der Waals surface area contributed by atoms with E-state index >= 15 is 0 Å². The molecule has 0 spiro atoms. The monoisotopic (exact) mass is 332 g/mol. The molecule has 5 heteroatoms. The van der Waals surface area contributed by atoms with Crippen LogP contribution in [0.15, 0.2) is 0 Å². The summed E-state index contributed by atoms with van der Waals surface area (Å²) in [6.07, 6.45) is 1.90. The van der Waals surface area contributed by atoms with Gasteiger partial charge in [-0.1, -0.05) is 0 Å². The third-order valence-electron chi connectivity index (χ3n) is 2.96. The summed E-state index contributed by atoms with van der Waals surface area (Å²) in [7, 11) is 0. The highest BCUT2D eigenvalue weighted by atomic mass is 16.5. The summed E-state index contributed by atoms with van der Waals surface area (Å²) in [5.74, 6) is 0. The Morgan fingerprint density at radius 2 is 0.826 bits per heavy atom. The van der Waals surface area contributed by atoms with Crippen molar-refractivity contribution in [2.75, 3.05) is 52.7 Å². The Kier molecular flexibility index (Phi) is 13.0. The first-order chi connectivity index (χ1) is 10.7. The van der Waals surface area contributed by atoms with Crippen LogP contribution in [-0.2, 0) is 14.2 Å². The molecular formula is C18H40N2O3. The van der Waals surface area contributed by atoms with Gasteiger partial charge in [-0.25, -0.2) is 0 Å². The van der Waals surface area contributed by atoms with Crippen LogP contribution in [-0.4, -0.2) is 63.8 Å². The summed E-state index contributed by atoms with van der Waals surface area (Å²) in [5, 5.41) is 6.79. The van der Waals surface area contributed by atoms with Crippen molar-refractivity contribution in [3.63, 3.8) is 0 Å². The van der Waals surface area contributed by atoms with Gasteiger partial charge in [-0.05, 0) is 54.4 Å². The highest BCUT2D eigenvalue weighted by molar-refractivity contribution is 4.69. The zero-order chi connectivity index (χ0) is 17.6. The summed E-state index contributed by atoms with van der Waals surface area (Å²) < 4.78 is 16.7. The fraction of sp³-hybridized carbons (Fsp3) is 1.00. The van der Waals surface area contributed by atoms with Gasteiger partial charge >= 0.3 is 0 Å². The van der Waals surface area contributed by atoms with Crippen molar-refractivity contribution in [3.05, 3.63) is 0 Å². The lowest BCUT2D eigenvalue weighted by Gasteiger charge is -2.20. The number of nitrogens with one attached hydrogen (secondary N) is 2. The highest BCUT2D eigenvalue weighted by Crippen LogP contribution is 1.98. The van der Waals surface area contributed by atoms with Crippen molar-refractivity contribution < 1.29 is 14.2 Å². The van der Waals surface area contributed by atoms with E-state index in [1.165, 1.54) is 0 Å². The van der Waals surface area contributed by atoms with Crippen LogP contribution in [0.1, 0.15) is 54.4 Å². The molecule has 0 aromatic rings. The van der Waals surface area contributed by atoms with E-state index < -0.39 is 0 Å². The van der Waals surface area contributed by atoms with E-state index in [4.69, 9.17) is 14.2 Å². The molecule has 0 aromatic heterocycles. The fourth-order valence-corrected chi connectivity index (χ4v) is 1.83. The van der Waals surface area contributed by atoms with Crippen LogP contribution >= 0.6 is 0 Å². The van der Waals surface area contributed by atoms with Gasteiger partial charge in [0.05, 0.1) is 13.2 Å². The molecule has 140 valence electrons. The summed E-state index contributed by atoms with van der Waals surface area (Å²) in [6, 6.07) is 0. The number of rotatable bonds is 14. The second-order valence-electron chi connectivity index (χ2n) is 7.90. The molecule has 0 aliphatic rings.